The lowest BCUT2D eigenvalue weighted by Gasteiger charge is -2.18. The number of hydrogen-bond donors (Lipinski definition) is 2. The first-order valence-corrected chi connectivity index (χ1v) is 6.61. The van der Waals surface area contributed by atoms with Crippen LogP contribution in [-0.2, 0) is 4.79 Å². The maximum Gasteiger partial charge on any atom is 0.323 e. The molecule has 3 nitrogen and oxygen atoms in total. The van der Waals surface area contributed by atoms with Crippen LogP contribution in [0.4, 0.5) is 0 Å². The molecule has 4 heteroatoms. The van der Waals surface area contributed by atoms with Gasteiger partial charge in [-0.25, -0.2) is 0 Å². The molecule has 0 saturated heterocycles. The fraction of sp³-hybridized carbons (Fsp3) is 0.909. The molecule has 0 fully saturated rings. The van der Waals surface area contributed by atoms with E-state index in [0.717, 1.165) is 23.8 Å². The van der Waals surface area contributed by atoms with Crippen molar-refractivity contribution < 1.29 is 9.90 Å². The molecule has 0 heterocycles. The van der Waals surface area contributed by atoms with E-state index in [9.17, 15) is 4.79 Å². The summed E-state index contributed by atoms with van der Waals surface area (Å²) in [5.74, 6) is 2.00. The van der Waals surface area contributed by atoms with Gasteiger partial charge in [-0.05, 0) is 43.6 Å². The van der Waals surface area contributed by atoms with E-state index < -0.39 is 11.5 Å². The van der Waals surface area contributed by atoms with E-state index in [1.165, 1.54) is 6.42 Å². The SMILES string of the molecule is CC(C)CCSCCCC(C)(N)C(=O)O. The summed E-state index contributed by atoms with van der Waals surface area (Å²) in [5, 5.41) is 8.78. The minimum atomic E-state index is -1.06. The van der Waals surface area contributed by atoms with Gasteiger partial charge in [-0.3, -0.25) is 4.79 Å². The van der Waals surface area contributed by atoms with Crippen LogP contribution >= 0.6 is 11.8 Å². The second-order valence-corrected chi connectivity index (χ2v) is 5.85. The first-order valence-electron chi connectivity index (χ1n) is 5.46. The second-order valence-electron chi connectivity index (χ2n) is 4.62. The molecule has 0 aliphatic heterocycles. The molecule has 0 bridgehead atoms. The van der Waals surface area contributed by atoms with Crippen LogP contribution in [0.2, 0.25) is 0 Å². The van der Waals surface area contributed by atoms with E-state index in [2.05, 4.69) is 13.8 Å². The summed E-state index contributed by atoms with van der Waals surface area (Å²) in [6.45, 7) is 6.00. The van der Waals surface area contributed by atoms with Gasteiger partial charge in [0.2, 0.25) is 0 Å². The number of nitrogens with two attached hydrogens (primary N) is 1. The Labute approximate surface area is 96.8 Å². The van der Waals surface area contributed by atoms with Gasteiger partial charge in [0.25, 0.3) is 0 Å². The first-order chi connectivity index (χ1) is 6.86. The molecule has 0 amide bonds. The summed E-state index contributed by atoms with van der Waals surface area (Å²) < 4.78 is 0. The van der Waals surface area contributed by atoms with Gasteiger partial charge >= 0.3 is 5.97 Å². The molecular formula is C11H23NO2S. The normalized spacial score (nSPS) is 15.3. The van der Waals surface area contributed by atoms with Crippen LogP contribution in [-0.4, -0.2) is 28.1 Å². The maximum atomic E-state index is 10.7. The van der Waals surface area contributed by atoms with Gasteiger partial charge in [0.15, 0.2) is 0 Å². The molecule has 0 aromatic rings. The molecular weight excluding hydrogens is 210 g/mol. The Morgan fingerprint density at radius 3 is 2.53 bits per heavy atom. The quantitative estimate of drug-likeness (QED) is 0.632. The summed E-state index contributed by atoms with van der Waals surface area (Å²) in [5.41, 5.74) is 4.56. The van der Waals surface area contributed by atoms with Crippen LogP contribution in [0.3, 0.4) is 0 Å². The molecule has 0 rings (SSSR count). The van der Waals surface area contributed by atoms with Gasteiger partial charge in [0.1, 0.15) is 5.54 Å². The number of hydrogen-bond acceptors (Lipinski definition) is 3. The number of aliphatic carboxylic acids is 1. The molecule has 90 valence electrons. The molecule has 15 heavy (non-hydrogen) atoms. The van der Waals surface area contributed by atoms with Gasteiger partial charge in [0.05, 0.1) is 0 Å². The summed E-state index contributed by atoms with van der Waals surface area (Å²) in [6, 6.07) is 0. The Balaban J connectivity index is 3.43. The molecule has 1 unspecified atom stereocenters. The van der Waals surface area contributed by atoms with Crippen molar-refractivity contribution in [3.8, 4) is 0 Å². The third-order valence-corrected chi connectivity index (χ3v) is 3.41. The lowest BCUT2D eigenvalue weighted by Crippen LogP contribution is -2.44. The Morgan fingerprint density at radius 1 is 1.47 bits per heavy atom. The van der Waals surface area contributed by atoms with Crippen LogP contribution in [0.15, 0.2) is 0 Å². The van der Waals surface area contributed by atoms with E-state index in [4.69, 9.17) is 10.8 Å². The Morgan fingerprint density at radius 2 is 2.07 bits per heavy atom. The van der Waals surface area contributed by atoms with Gasteiger partial charge in [-0.15, -0.1) is 0 Å². The Bertz CT molecular complexity index is 193. The zero-order chi connectivity index (χ0) is 11.9. The van der Waals surface area contributed by atoms with Crippen molar-refractivity contribution in [3.63, 3.8) is 0 Å². The zero-order valence-electron chi connectivity index (χ0n) is 9.95. The lowest BCUT2D eigenvalue weighted by atomic mass is 9.98. The minimum absolute atomic E-state index is 0.553. The minimum Gasteiger partial charge on any atom is -0.480 e. The van der Waals surface area contributed by atoms with Crippen LogP contribution < -0.4 is 5.73 Å². The van der Waals surface area contributed by atoms with Crippen LogP contribution in [0, 0.1) is 5.92 Å². The molecule has 0 aromatic carbocycles. The number of carbonyl (C=O) groups is 1. The predicted octanol–water partition coefficient (Wildman–Crippen LogP) is 2.35. The zero-order valence-corrected chi connectivity index (χ0v) is 10.8. The van der Waals surface area contributed by atoms with Crippen LogP contribution in [0.1, 0.15) is 40.0 Å². The van der Waals surface area contributed by atoms with Crippen molar-refractivity contribution in [2.75, 3.05) is 11.5 Å². The molecule has 0 aliphatic carbocycles. The van der Waals surface area contributed by atoms with Crippen molar-refractivity contribution in [2.24, 2.45) is 11.7 Å². The van der Waals surface area contributed by atoms with Gasteiger partial charge in [0, 0.05) is 0 Å². The highest BCUT2D eigenvalue weighted by Crippen LogP contribution is 2.14. The summed E-state index contributed by atoms with van der Waals surface area (Å²) >= 11 is 1.89. The number of rotatable bonds is 8. The number of carboxylic acid groups (broad SMARTS) is 1. The third-order valence-electron chi connectivity index (χ3n) is 2.31. The van der Waals surface area contributed by atoms with Gasteiger partial charge < -0.3 is 10.8 Å². The topological polar surface area (TPSA) is 63.3 Å². The van der Waals surface area contributed by atoms with Crippen molar-refractivity contribution in [3.05, 3.63) is 0 Å². The summed E-state index contributed by atoms with van der Waals surface area (Å²) in [7, 11) is 0. The Hall–Kier alpha value is -0.220. The molecule has 0 radical (unpaired) electrons. The van der Waals surface area contributed by atoms with Crippen molar-refractivity contribution in [2.45, 2.75) is 45.6 Å². The van der Waals surface area contributed by atoms with E-state index in [-0.39, 0.29) is 0 Å². The van der Waals surface area contributed by atoms with Crippen LogP contribution in [0.5, 0.6) is 0 Å². The first kappa shape index (κ1) is 14.8. The highest BCUT2D eigenvalue weighted by molar-refractivity contribution is 7.99. The van der Waals surface area contributed by atoms with Crippen molar-refractivity contribution >= 4 is 17.7 Å². The van der Waals surface area contributed by atoms with Crippen molar-refractivity contribution in [1.82, 2.24) is 0 Å². The van der Waals surface area contributed by atoms with E-state index in [0.29, 0.717) is 6.42 Å². The van der Waals surface area contributed by atoms with Gasteiger partial charge in [-0.2, -0.15) is 11.8 Å². The second kappa shape index (κ2) is 7.12. The molecule has 0 saturated carbocycles. The van der Waals surface area contributed by atoms with Gasteiger partial charge in [-0.1, -0.05) is 13.8 Å². The number of thioether (sulfide) groups is 1. The monoisotopic (exact) mass is 233 g/mol. The van der Waals surface area contributed by atoms with E-state index in [1.54, 1.807) is 6.92 Å². The van der Waals surface area contributed by atoms with Crippen LogP contribution in [0.25, 0.3) is 0 Å². The van der Waals surface area contributed by atoms with E-state index >= 15 is 0 Å². The highest BCUT2D eigenvalue weighted by Gasteiger charge is 2.26. The average molecular weight is 233 g/mol. The summed E-state index contributed by atoms with van der Waals surface area (Å²) in [6.07, 6.45) is 2.66. The Kier molecular flexibility index (Phi) is 7.02. The fourth-order valence-electron chi connectivity index (χ4n) is 1.07. The standard InChI is InChI=1S/C11H23NO2S/c1-9(2)5-8-15-7-4-6-11(3,12)10(13)14/h9H,4-8,12H2,1-3H3,(H,13,14). The molecule has 0 aliphatic rings. The van der Waals surface area contributed by atoms with E-state index in [1.807, 2.05) is 11.8 Å². The molecule has 1 atom stereocenters. The summed E-state index contributed by atoms with van der Waals surface area (Å²) in [4.78, 5) is 10.7. The molecule has 3 N–H and O–H groups in total. The predicted molar refractivity (Wildman–Crippen MR) is 66.2 cm³/mol. The largest absolute Gasteiger partial charge is 0.480 e. The third kappa shape index (κ3) is 7.68. The average Bonchev–Trinajstić information content (AvgIpc) is 2.10. The highest BCUT2D eigenvalue weighted by atomic mass is 32.2. The molecule has 0 spiro atoms. The number of carboxylic acids is 1. The fourth-order valence-corrected chi connectivity index (χ4v) is 2.26. The lowest BCUT2D eigenvalue weighted by molar-refractivity contribution is -0.142. The molecule has 0 aromatic heterocycles. The van der Waals surface area contributed by atoms with Crippen molar-refractivity contribution in [1.29, 1.82) is 0 Å². The smallest absolute Gasteiger partial charge is 0.323 e. The maximum absolute atomic E-state index is 10.7.